The topological polar surface area (TPSA) is 95.4 Å². The highest BCUT2D eigenvalue weighted by Gasteiger charge is 2.08. The van der Waals surface area contributed by atoms with Crippen molar-refractivity contribution in [3.8, 4) is 17.4 Å². The molecule has 0 saturated heterocycles. The van der Waals surface area contributed by atoms with Crippen LogP contribution in [0.2, 0.25) is 0 Å². The van der Waals surface area contributed by atoms with E-state index >= 15 is 0 Å². The van der Waals surface area contributed by atoms with E-state index in [4.69, 9.17) is 9.84 Å². The average molecular weight is 276 g/mol. The molecule has 0 spiro atoms. The Labute approximate surface area is 115 Å². The fourth-order valence-corrected chi connectivity index (χ4v) is 1.68. The van der Waals surface area contributed by atoms with Crippen LogP contribution in [0.15, 0.2) is 29.1 Å². The quantitative estimate of drug-likeness (QED) is 0.719. The van der Waals surface area contributed by atoms with Crippen LogP contribution in [0.4, 0.5) is 0 Å². The van der Waals surface area contributed by atoms with Crippen LogP contribution in [-0.4, -0.2) is 26.8 Å². The van der Waals surface area contributed by atoms with Gasteiger partial charge in [0, 0.05) is 6.42 Å². The van der Waals surface area contributed by atoms with Gasteiger partial charge in [0.15, 0.2) is 0 Å². The number of ether oxygens (including phenoxy) is 1. The molecule has 3 N–H and O–H groups in total. The summed E-state index contributed by atoms with van der Waals surface area (Å²) < 4.78 is 5.54. The summed E-state index contributed by atoms with van der Waals surface area (Å²) in [6.45, 7) is 2.47. The fraction of sp³-hybridized carbons (Fsp3) is 0.286. The van der Waals surface area contributed by atoms with Crippen molar-refractivity contribution in [2.45, 2.75) is 19.8 Å². The number of H-pyrrole nitrogens is 1. The van der Waals surface area contributed by atoms with E-state index in [2.05, 4.69) is 9.97 Å². The van der Waals surface area contributed by atoms with Gasteiger partial charge in [0.2, 0.25) is 5.75 Å². The Kier molecular flexibility index (Phi) is 4.24. The van der Waals surface area contributed by atoms with Crippen LogP contribution in [0, 0.1) is 6.92 Å². The van der Waals surface area contributed by atoms with E-state index in [1.54, 1.807) is 0 Å². The van der Waals surface area contributed by atoms with Gasteiger partial charge in [-0.3, -0.25) is 4.79 Å². The SMILES string of the molecule is Cc1ccc(OCCCc2nc(O)c(O)c(=O)[nH]2)cc1. The number of hydrogen-bond donors (Lipinski definition) is 3. The molecule has 1 aromatic carbocycles. The molecule has 0 aliphatic heterocycles. The second kappa shape index (κ2) is 6.10. The number of hydrogen-bond acceptors (Lipinski definition) is 5. The highest BCUT2D eigenvalue weighted by Crippen LogP contribution is 2.15. The third-order valence-corrected chi connectivity index (χ3v) is 2.77. The maximum absolute atomic E-state index is 11.2. The second-order valence-corrected chi connectivity index (χ2v) is 4.45. The standard InChI is InChI=1S/C14H16N2O4/c1-9-4-6-10(7-5-9)20-8-2-3-11-15-13(18)12(17)14(19)16-11/h4-7,17H,2-3,8H2,1H3,(H2,15,16,18,19). The van der Waals surface area contributed by atoms with Crippen LogP contribution in [0.1, 0.15) is 17.8 Å². The van der Waals surface area contributed by atoms with Gasteiger partial charge >= 0.3 is 0 Å². The summed E-state index contributed by atoms with van der Waals surface area (Å²) in [5, 5.41) is 18.3. The van der Waals surface area contributed by atoms with Gasteiger partial charge in [-0.1, -0.05) is 17.7 Å². The van der Waals surface area contributed by atoms with E-state index in [9.17, 15) is 9.90 Å². The molecule has 0 atom stereocenters. The molecule has 6 heteroatoms. The maximum Gasteiger partial charge on any atom is 0.297 e. The number of aromatic hydroxyl groups is 2. The molecular formula is C14H16N2O4. The van der Waals surface area contributed by atoms with Crippen LogP contribution < -0.4 is 10.3 Å². The smallest absolute Gasteiger partial charge is 0.297 e. The molecule has 2 aromatic rings. The molecule has 6 nitrogen and oxygen atoms in total. The Bertz CT molecular complexity index is 635. The molecule has 0 amide bonds. The summed E-state index contributed by atoms with van der Waals surface area (Å²) in [5.74, 6) is -0.309. The van der Waals surface area contributed by atoms with Gasteiger partial charge < -0.3 is 19.9 Å². The van der Waals surface area contributed by atoms with E-state index in [-0.39, 0.29) is 0 Å². The van der Waals surface area contributed by atoms with Crippen molar-refractivity contribution in [2.24, 2.45) is 0 Å². The minimum absolute atomic E-state index is 0.317. The lowest BCUT2D eigenvalue weighted by atomic mass is 10.2. The number of benzene rings is 1. The number of aryl methyl sites for hydroxylation is 2. The second-order valence-electron chi connectivity index (χ2n) is 4.45. The van der Waals surface area contributed by atoms with Crippen LogP contribution in [0.3, 0.4) is 0 Å². The summed E-state index contributed by atoms with van der Waals surface area (Å²) in [7, 11) is 0. The lowest BCUT2D eigenvalue weighted by molar-refractivity contribution is 0.309. The van der Waals surface area contributed by atoms with E-state index in [0.717, 1.165) is 5.75 Å². The number of nitrogens with zero attached hydrogens (tertiary/aromatic N) is 1. The fourth-order valence-electron chi connectivity index (χ4n) is 1.68. The molecule has 1 aromatic heterocycles. The molecule has 2 rings (SSSR count). The van der Waals surface area contributed by atoms with Crippen LogP contribution in [0.25, 0.3) is 0 Å². The van der Waals surface area contributed by atoms with Crippen molar-refractivity contribution in [3.63, 3.8) is 0 Å². The van der Waals surface area contributed by atoms with Gasteiger partial charge in [-0.25, -0.2) is 0 Å². The summed E-state index contributed by atoms with van der Waals surface area (Å²) in [5.41, 5.74) is 0.422. The number of rotatable bonds is 5. The summed E-state index contributed by atoms with van der Waals surface area (Å²) in [4.78, 5) is 17.3. The zero-order chi connectivity index (χ0) is 14.5. The first-order chi connectivity index (χ1) is 9.56. The van der Waals surface area contributed by atoms with Crippen molar-refractivity contribution in [2.75, 3.05) is 6.61 Å². The molecule has 0 radical (unpaired) electrons. The minimum Gasteiger partial charge on any atom is -0.499 e. The third-order valence-electron chi connectivity index (χ3n) is 2.77. The predicted molar refractivity (Wildman–Crippen MR) is 73.2 cm³/mol. The molecule has 0 saturated carbocycles. The molecule has 0 unspecified atom stereocenters. The molecular weight excluding hydrogens is 260 g/mol. The molecule has 0 aliphatic carbocycles. The molecule has 106 valence electrons. The van der Waals surface area contributed by atoms with Crippen molar-refractivity contribution >= 4 is 0 Å². The van der Waals surface area contributed by atoms with Crippen molar-refractivity contribution in [1.29, 1.82) is 0 Å². The van der Waals surface area contributed by atoms with Crippen LogP contribution >= 0.6 is 0 Å². The molecule has 0 fully saturated rings. The van der Waals surface area contributed by atoms with E-state index in [1.807, 2.05) is 31.2 Å². The monoisotopic (exact) mass is 276 g/mol. The average Bonchev–Trinajstić information content (AvgIpc) is 2.43. The van der Waals surface area contributed by atoms with Gasteiger partial charge in [0.05, 0.1) is 6.61 Å². The summed E-state index contributed by atoms with van der Waals surface area (Å²) in [6.07, 6.45) is 1.07. The lowest BCUT2D eigenvalue weighted by Gasteiger charge is -2.06. The first-order valence-electron chi connectivity index (χ1n) is 6.27. The summed E-state index contributed by atoms with van der Waals surface area (Å²) in [6, 6.07) is 7.71. The van der Waals surface area contributed by atoms with Gasteiger partial charge in [0.1, 0.15) is 11.6 Å². The van der Waals surface area contributed by atoms with E-state index in [0.29, 0.717) is 25.3 Å². The van der Waals surface area contributed by atoms with Gasteiger partial charge in [-0.05, 0) is 25.5 Å². The van der Waals surface area contributed by atoms with Gasteiger partial charge in [-0.15, -0.1) is 0 Å². The van der Waals surface area contributed by atoms with Gasteiger partial charge in [-0.2, -0.15) is 4.98 Å². The lowest BCUT2D eigenvalue weighted by Crippen LogP contribution is -2.11. The van der Waals surface area contributed by atoms with Gasteiger partial charge in [0.25, 0.3) is 11.4 Å². The Balaban J connectivity index is 1.84. The van der Waals surface area contributed by atoms with Crippen LogP contribution in [-0.2, 0) is 6.42 Å². The zero-order valence-corrected chi connectivity index (χ0v) is 11.1. The first kappa shape index (κ1) is 13.9. The molecule has 1 heterocycles. The third kappa shape index (κ3) is 3.50. The Morgan fingerprint density at radius 3 is 2.60 bits per heavy atom. The maximum atomic E-state index is 11.2. The van der Waals surface area contributed by atoms with Crippen LogP contribution in [0.5, 0.6) is 17.4 Å². The molecule has 0 bridgehead atoms. The molecule has 0 aliphatic rings. The van der Waals surface area contributed by atoms with E-state index in [1.165, 1.54) is 5.56 Å². The van der Waals surface area contributed by atoms with Crippen molar-refractivity contribution in [1.82, 2.24) is 9.97 Å². The highest BCUT2D eigenvalue weighted by molar-refractivity contribution is 5.27. The zero-order valence-electron chi connectivity index (χ0n) is 11.1. The largest absolute Gasteiger partial charge is 0.499 e. The normalized spacial score (nSPS) is 10.4. The number of aromatic nitrogens is 2. The Morgan fingerprint density at radius 1 is 1.25 bits per heavy atom. The first-order valence-corrected chi connectivity index (χ1v) is 6.27. The number of aromatic amines is 1. The Morgan fingerprint density at radius 2 is 1.95 bits per heavy atom. The predicted octanol–water partition coefficient (Wildman–Crippen LogP) is 1.50. The Hall–Kier alpha value is -2.50. The van der Waals surface area contributed by atoms with E-state index < -0.39 is 17.2 Å². The highest BCUT2D eigenvalue weighted by atomic mass is 16.5. The van der Waals surface area contributed by atoms with Crippen molar-refractivity contribution < 1.29 is 14.9 Å². The summed E-state index contributed by atoms with van der Waals surface area (Å²) >= 11 is 0. The molecule has 20 heavy (non-hydrogen) atoms. The number of nitrogens with one attached hydrogen (secondary N) is 1. The van der Waals surface area contributed by atoms with Crippen molar-refractivity contribution in [3.05, 3.63) is 46.0 Å². The minimum atomic E-state index is -0.760.